The van der Waals surface area contributed by atoms with Gasteiger partial charge < -0.3 is 4.57 Å². The maximum atomic E-state index is 6.04. The van der Waals surface area contributed by atoms with E-state index in [0.717, 1.165) is 12.4 Å². The van der Waals surface area contributed by atoms with Gasteiger partial charge in [0.05, 0.1) is 0 Å². The molecule has 0 aromatic carbocycles. The van der Waals surface area contributed by atoms with Crippen molar-refractivity contribution in [3.05, 3.63) is 11.1 Å². The molecule has 0 unspecified atom stereocenters. The summed E-state index contributed by atoms with van der Waals surface area (Å²) in [6, 6.07) is 0. The molecule has 1 aliphatic carbocycles. The number of hydrogen-bond donors (Lipinski definition) is 0. The zero-order valence-electron chi connectivity index (χ0n) is 9.65. The Morgan fingerprint density at radius 1 is 1.31 bits per heavy atom. The Hall–Kier alpha value is -0.220. The second-order valence-corrected chi connectivity index (χ2v) is 5.63. The molecule has 5 heteroatoms. The van der Waals surface area contributed by atoms with Crippen LogP contribution < -0.4 is 0 Å². The highest BCUT2D eigenvalue weighted by molar-refractivity contribution is 7.98. The Balaban J connectivity index is 1.81. The Morgan fingerprint density at radius 2 is 2.12 bits per heavy atom. The van der Waals surface area contributed by atoms with Crippen molar-refractivity contribution in [1.29, 1.82) is 0 Å². The van der Waals surface area contributed by atoms with Crippen molar-refractivity contribution >= 4 is 23.4 Å². The predicted octanol–water partition coefficient (Wildman–Crippen LogP) is 3.34. The van der Waals surface area contributed by atoms with E-state index in [1.807, 2.05) is 11.8 Å². The van der Waals surface area contributed by atoms with Gasteiger partial charge in [-0.05, 0) is 49.3 Å². The van der Waals surface area contributed by atoms with Crippen molar-refractivity contribution < 1.29 is 0 Å². The fourth-order valence-electron chi connectivity index (χ4n) is 1.84. The lowest BCUT2D eigenvalue weighted by Crippen LogP contribution is -2.03. The second kappa shape index (κ2) is 5.92. The van der Waals surface area contributed by atoms with Crippen LogP contribution in [-0.4, -0.2) is 26.8 Å². The number of rotatable bonds is 7. The van der Waals surface area contributed by atoms with Gasteiger partial charge in [0.15, 0.2) is 0 Å². The molecular formula is C11H18ClN3S. The van der Waals surface area contributed by atoms with Gasteiger partial charge in [0.2, 0.25) is 5.28 Å². The number of halogens is 1. The quantitative estimate of drug-likeness (QED) is 0.704. The second-order valence-electron chi connectivity index (χ2n) is 4.31. The van der Waals surface area contributed by atoms with Gasteiger partial charge in [0.25, 0.3) is 0 Å². The molecule has 0 radical (unpaired) electrons. The first kappa shape index (κ1) is 12.2. The topological polar surface area (TPSA) is 30.7 Å². The van der Waals surface area contributed by atoms with Crippen LogP contribution in [0.4, 0.5) is 0 Å². The lowest BCUT2D eigenvalue weighted by Gasteiger charge is -2.06. The van der Waals surface area contributed by atoms with Crippen molar-refractivity contribution in [2.75, 3.05) is 12.0 Å². The summed E-state index contributed by atoms with van der Waals surface area (Å²) in [6.07, 6.45) is 8.39. The molecule has 0 amide bonds. The first-order valence-electron chi connectivity index (χ1n) is 5.90. The molecule has 0 N–H and O–H groups in total. The molecule has 1 aliphatic rings. The third-order valence-electron chi connectivity index (χ3n) is 2.91. The highest BCUT2D eigenvalue weighted by Crippen LogP contribution is 2.39. The van der Waals surface area contributed by atoms with Crippen molar-refractivity contribution in [3.63, 3.8) is 0 Å². The van der Waals surface area contributed by atoms with Gasteiger partial charge >= 0.3 is 0 Å². The smallest absolute Gasteiger partial charge is 0.225 e. The van der Waals surface area contributed by atoms with Crippen LogP contribution >= 0.6 is 23.4 Å². The zero-order valence-corrected chi connectivity index (χ0v) is 11.2. The van der Waals surface area contributed by atoms with Crippen LogP contribution in [0.25, 0.3) is 0 Å². The minimum Gasteiger partial charge on any atom is -0.302 e. The Labute approximate surface area is 106 Å². The van der Waals surface area contributed by atoms with Gasteiger partial charge in [-0.1, -0.05) is 6.42 Å². The summed E-state index contributed by atoms with van der Waals surface area (Å²) in [6.45, 7) is 0.978. The fourth-order valence-corrected chi connectivity index (χ4v) is 2.54. The number of unbranched alkanes of at least 4 members (excludes halogenated alkanes) is 2. The van der Waals surface area contributed by atoms with Gasteiger partial charge in [0.1, 0.15) is 5.82 Å². The lowest BCUT2D eigenvalue weighted by atomic mass is 10.2. The van der Waals surface area contributed by atoms with Crippen LogP contribution in [0.1, 0.15) is 43.8 Å². The van der Waals surface area contributed by atoms with E-state index >= 15 is 0 Å². The van der Waals surface area contributed by atoms with Gasteiger partial charge in [-0.15, -0.1) is 10.2 Å². The van der Waals surface area contributed by atoms with Gasteiger partial charge in [-0.2, -0.15) is 11.8 Å². The molecule has 0 aliphatic heterocycles. The fraction of sp³-hybridized carbons (Fsp3) is 0.818. The summed E-state index contributed by atoms with van der Waals surface area (Å²) >= 11 is 7.96. The summed E-state index contributed by atoms with van der Waals surface area (Å²) < 4.78 is 2.10. The van der Waals surface area contributed by atoms with Crippen LogP contribution in [0, 0.1) is 0 Å². The average molecular weight is 260 g/mol. The SMILES string of the molecule is CSCCCCCn1c(Cl)nnc1C1CC1. The van der Waals surface area contributed by atoms with Crippen LogP contribution in [-0.2, 0) is 6.54 Å². The van der Waals surface area contributed by atoms with Crippen molar-refractivity contribution in [2.24, 2.45) is 0 Å². The van der Waals surface area contributed by atoms with Crippen LogP contribution in [0.2, 0.25) is 5.28 Å². The lowest BCUT2D eigenvalue weighted by molar-refractivity contribution is 0.582. The molecule has 1 aromatic heterocycles. The maximum Gasteiger partial charge on any atom is 0.225 e. The van der Waals surface area contributed by atoms with Crippen LogP contribution in [0.15, 0.2) is 0 Å². The van der Waals surface area contributed by atoms with E-state index in [1.54, 1.807) is 0 Å². The summed E-state index contributed by atoms with van der Waals surface area (Å²) in [7, 11) is 0. The number of nitrogens with zero attached hydrogens (tertiary/aromatic N) is 3. The standard InChI is InChI=1S/C11H18ClN3S/c1-16-8-4-2-3-7-15-10(9-5-6-9)13-14-11(15)12/h9H,2-8H2,1H3. The minimum atomic E-state index is 0.562. The Bertz CT molecular complexity index is 336. The zero-order chi connectivity index (χ0) is 11.4. The average Bonchev–Trinajstić information content (AvgIpc) is 3.05. The molecule has 0 spiro atoms. The third-order valence-corrected chi connectivity index (χ3v) is 3.88. The molecule has 90 valence electrons. The number of aromatic nitrogens is 3. The highest BCUT2D eigenvalue weighted by Gasteiger charge is 2.29. The first-order chi connectivity index (χ1) is 7.83. The molecular weight excluding hydrogens is 242 g/mol. The monoisotopic (exact) mass is 259 g/mol. The molecule has 1 fully saturated rings. The highest BCUT2D eigenvalue weighted by atomic mass is 35.5. The molecule has 1 heterocycles. The van der Waals surface area contributed by atoms with E-state index in [4.69, 9.17) is 11.6 Å². The molecule has 0 atom stereocenters. The van der Waals surface area contributed by atoms with E-state index < -0.39 is 0 Å². The minimum absolute atomic E-state index is 0.562. The number of thioether (sulfide) groups is 1. The Kier molecular flexibility index (Phi) is 4.53. The molecule has 0 saturated heterocycles. The normalized spacial score (nSPS) is 15.6. The maximum absolute atomic E-state index is 6.04. The third kappa shape index (κ3) is 3.14. The molecule has 16 heavy (non-hydrogen) atoms. The van der Waals surface area contributed by atoms with Crippen LogP contribution in [0.3, 0.4) is 0 Å². The van der Waals surface area contributed by atoms with E-state index in [9.17, 15) is 0 Å². The van der Waals surface area contributed by atoms with Crippen molar-refractivity contribution in [1.82, 2.24) is 14.8 Å². The first-order valence-corrected chi connectivity index (χ1v) is 7.67. The summed E-state index contributed by atoms with van der Waals surface area (Å²) in [4.78, 5) is 0. The van der Waals surface area contributed by atoms with Gasteiger partial charge in [0, 0.05) is 12.5 Å². The predicted molar refractivity (Wildman–Crippen MR) is 69.2 cm³/mol. The summed E-state index contributed by atoms with van der Waals surface area (Å²) in [5.74, 6) is 2.99. The van der Waals surface area contributed by atoms with Crippen LogP contribution in [0.5, 0.6) is 0 Å². The van der Waals surface area contributed by atoms with E-state index in [1.165, 1.54) is 37.9 Å². The van der Waals surface area contributed by atoms with Crippen molar-refractivity contribution in [2.45, 2.75) is 44.6 Å². The van der Waals surface area contributed by atoms with E-state index in [2.05, 4.69) is 21.0 Å². The Morgan fingerprint density at radius 3 is 2.81 bits per heavy atom. The van der Waals surface area contributed by atoms with Gasteiger partial charge in [-0.3, -0.25) is 0 Å². The summed E-state index contributed by atoms with van der Waals surface area (Å²) in [5, 5.41) is 8.70. The molecule has 2 rings (SSSR count). The van der Waals surface area contributed by atoms with Crippen molar-refractivity contribution in [3.8, 4) is 0 Å². The molecule has 1 aromatic rings. The molecule has 0 bridgehead atoms. The number of hydrogen-bond acceptors (Lipinski definition) is 3. The van der Waals surface area contributed by atoms with Gasteiger partial charge in [-0.25, -0.2) is 0 Å². The molecule has 3 nitrogen and oxygen atoms in total. The summed E-state index contributed by atoms with van der Waals surface area (Å²) in [5.41, 5.74) is 0. The largest absolute Gasteiger partial charge is 0.302 e. The van der Waals surface area contributed by atoms with E-state index in [-0.39, 0.29) is 0 Å². The molecule has 1 saturated carbocycles. The van der Waals surface area contributed by atoms with E-state index in [0.29, 0.717) is 11.2 Å².